The highest BCUT2D eigenvalue weighted by atomic mass is 16.7. The monoisotopic (exact) mass is 439 g/mol. The molecule has 0 saturated carbocycles. The summed E-state index contributed by atoms with van der Waals surface area (Å²) < 4.78 is 11.0. The second-order valence-corrected chi connectivity index (χ2v) is 8.31. The second kappa shape index (κ2) is 7.41. The highest BCUT2D eigenvalue weighted by Crippen LogP contribution is 2.45. The second-order valence-electron chi connectivity index (χ2n) is 8.31. The minimum absolute atomic E-state index is 0.120. The summed E-state index contributed by atoms with van der Waals surface area (Å²) in [5.41, 5.74) is 3.69. The van der Waals surface area contributed by atoms with Gasteiger partial charge in [-0.05, 0) is 52.9 Å². The molecule has 7 heteroatoms. The maximum Gasteiger partial charge on any atom is 0.254 e. The molecule has 7 nitrogen and oxygen atoms in total. The van der Waals surface area contributed by atoms with Gasteiger partial charge in [0.1, 0.15) is 0 Å². The summed E-state index contributed by atoms with van der Waals surface area (Å²) in [6, 6.07) is 20.1. The van der Waals surface area contributed by atoms with Gasteiger partial charge < -0.3 is 24.7 Å². The Morgan fingerprint density at radius 1 is 1.03 bits per heavy atom. The van der Waals surface area contributed by atoms with Gasteiger partial charge >= 0.3 is 0 Å². The lowest BCUT2D eigenvalue weighted by Gasteiger charge is -2.39. The molecule has 2 aliphatic heterocycles. The molecule has 2 atom stereocenters. The molecule has 2 aliphatic rings. The normalized spacial score (nSPS) is 18.9. The first-order valence-electron chi connectivity index (χ1n) is 10.7. The zero-order valence-electron chi connectivity index (χ0n) is 17.9. The Morgan fingerprint density at radius 3 is 2.79 bits per heavy atom. The summed E-state index contributed by atoms with van der Waals surface area (Å²) in [6.45, 7) is 0.159. The Labute approximate surface area is 189 Å². The van der Waals surface area contributed by atoms with Crippen LogP contribution >= 0.6 is 0 Å². The molecular formula is C26H21N3O4. The average Bonchev–Trinajstić information content (AvgIpc) is 3.49. The van der Waals surface area contributed by atoms with Crippen molar-refractivity contribution in [3.05, 3.63) is 89.6 Å². The van der Waals surface area contributed by atoms with Gasteiger partial charge in [-0.3, -0.25) is 9.59 Å². The molecule has 0 radical (unpaired) electrons. The smallest absolute Gasteiger partial charge is 0.254 e. The number of amides is 2. The van der Waals surface area contributed by atoms with E-state index >= 15 is 0 Å². The standard InChI is InChI=1S/C26H21N3O4/c1-29-24(16-7-9-21-22(12-16)33-14-32-21)23(18-4-2-3-5-19(18)26(29)31)25(30)28-17-8-6-15-10-11-27-20(15)13-17/h2-13,23-24,27H,14H2,1H3,(H,28,30)/t23-,24+/m0/s1. The van der Waals surface area contributed by atoms with Crippen molar-refractivity contribution in [2.45, 2.75) is 12.0 Å². The molecule has 3 aromatic carbocycles. The number of likely N-dealkylation sites (N-methyl/N-ethyl adjacent to an activating group) is 1. The van der Waals surface area contributed by atoms with E-state index in [0.29, 0.717) is 28.3 Å². The molecule has 0 fully saturated rings. The van der Waals surface area contributed by atoms with Crippen LogP contribution in [0.2, 0.25) is 0 Å². The van der Waals surface area contributed by atoms with Gasteiger partial charge in [-0.15, -0.1) is 0 Å². The van der Waals surface area contributed by atoms with Crippen LogP contribution in [-0.2, 0) is 4.79 Å². The van der Waals surface area contributed by atoms with Crippen molar-refractivity contribution in [2.75, 3.05) is 19.2 Å². The third-order valence-electron chi connectivity index (χ3n) is 6.42. The van der Waals surface area contributed by atoms with Crippen molar-refractivity contribution < 1.29 is 19.1 Å². The first-order valence-corrected chi connectivity index (χ1v) is 10.7. The number of benzene rings is 3. The van der Waals surface area contributed by atoms with E-state index in [-0.39, 0.29) is 18.6 Å². The van der Waals surface area contributed by atoms with E-state index in [9.17, 15) is 9.59 Å². The van der Waals surface area contributed by atoms with E-state index in [1.54, 1.807) is 18.0 Å². The van der Waals surface area contributed by atoms with Gasteiger partial charge in [0.15, 0.2) is 11.5 Å². The van der Waals surface area contributed by atoms with Crippen LogP contribution in [0.5, 0.6) is 11.5 Å². The SMILES string of the molecule is CN1C(=O)c2ccccc2[C@H](C(=O)Nc2ccc3cc[nH]c3c2)[C@H]1c1ccc2c(c1)OCO2. The molecule has 0 aliphatic carbocycles. The Balaban J connectivity index is 1.44. The van der Waals surface area contributed by atoms with Crippen molar-refractivity contribution in [3.63, 3.8) is 0 Å². The molecule has 6 rings (SSSR count). The Hall–Kier alpha value is -4.26. The number of hydrogen-bond acceptors (Lipinski definition) is 4. The minimum Gasteiger partial charge on any atom is -0.454 e. The fraction of sp³-hybridized carbons (Fsp3) is 0.154. The van der Waals surface area contributed by atoms with Gasteiger partial charge in [0.05, 0.1) is 12.0 Å². The minimum atomic E-state index is -0.608. The van der Waals surface area contributed by atoms with Crippen molar-refractivity contribution in [2.24, 2.45) is 0 Å². The Morgan fingerprint density at radius 2 is 1.88 bits per heavy atom. The largest absolute Gasteiger partial charge is 0.454 e. The van der Waals surface area contributed by atoms with Crippen LogP contribution in [0, 0.1) is 0 Å². The molecule has 0 spiro atoms. The maximum absolute atomic E-state index is 13.8. The number of anilines is 1. The number of H-pyrrole nitrogens is 1. The summed E-state index contributed by atoms with van der Waals surface area (Å²) in [5.74, 6) is 0.358. The van der Waals surface area contributed by atoms with E-state index in [1.165, 1.54) is 0 Å². The zero-order chi connectivity index (χ0) is 22.5. The van der Waals surface area contributed by atoms with Crippen LogP contribution in [-0.4, -0.2) is 35.5 Å². The van der Waals surface area contributed by atoms with Gasteiger partial charge in [0, 0.05) is 30.0 Å². The number of aromatic nitrogens is 1. The fourth-order valence-electron chi connectivity index (χ4n) is 4.82. The number of carbonyl (C=O) groups is 2. The third kappa shape index (κ3) is 3.12. The number of nitrogens with one attached hydrogen (secondary N) is 2. The number of rotatable bonds is 3. The lowest BCUT2D eigenvalue weighted by Crippen LogP contribution is -2.44. The summed E-state index contributed by atoms with van der Waals surface area (Å²) in [7, 11) is 1.73. The highest BCUT2D eigenvalue weighted by Gasteiger charge is 2.43. The molecule has 3 heterocycles. The lowest BCUT2D eigenvalue weighted by molar-refractivity contribution is -0.119. The molecule has 0 unspecified atom stereocenters. The number of hydrogen-bond donors (Lipinski definition) is 2. The Kier molecular flexibility index (Phi) is 4.36. The highest BCUT2D eigenvalue weighted by molar-refractivity contribution is 6.04. The summed E-state index contributed by atoms with van der Waals surface area (Å²) in [6.07, 6.45) is 1.86. The number of carbonyl (C=O) groups excluding carboxylic acids is 2. The van der Waals surface area contributed by atoms with Crippen molar-refractivity contribution in [3.8, 4) is 11.5 Å². The number of ether oxygens (including phenoxy) is 2. The summed E-state index contributed by atoms with van der Waals surface area (Å²) in [4.78, 5) is 31.8. The molecule has 1 aromatic heterocycles. The first kappa shape index (κ1) is 19.4. The molecule has 2 amide bonds. The van der Waals surface area contributed by atoms with Crippen LogP contribution in [0.1, 0.15) is 33.4 Å². The molecule has 4 aromatic rings. The van der Waals surface area contributed by atoms with Crippen LogP contribution in [0.25, 0.3) is 10.9 Å². The van der Waals surface area contributed by atoms with Crippen molar-refractivity contribution in [1.82, 2.24) is 9.88 Å². The number of fused-ring (bicyclic) bond motifs is 3. The van der Waals surface area contributed by atoms with E-state index in [0.717, 1.165) is 16.5 Å². The van der Waals surface area contributed by atoms with Crippen LogP contribution < -0.4 is 14.8 Å². The van der Waals surface area contributed by atoms with Crippen molar-refractivity contribution >= 4 is 28.4 Å². The van der Waals surface area contributed by atoms with E-state index < -0.39 is 12.0 Å². The number of aromatic amines is 1. The average molecular weight is 439 g/mol. The molecule has 2 N–H and O–H groups in total. The predicted octanol–water partition coefficient (Wildman–Crippen LogP) is 4.45. The Bertz CT molecular complexity index is 1410. The molecule has 0 bridgehead atoms. The van der Waals surface area contributed by atoms with Gasteiger partial charge in [0.2, 0.25) is 12.7 Å². The first-order chi connectivity index (χ1) is 16.1. The van der Waals surface area contributed by atoms with E-state index in [4.69, 9.17) is 9.47 Å². The molecule has 33 heavy (non-hydrogen) atoms. The van der Waals surface area contributed by atoms with Crippen molar-refractivity contribution in [1.29, 1.82) is 0 Å². The summed E-state index contributed by atoms with van der Waals surface area (Å²) in [5, 5.41) is 4.14. The molecule has 0 saturated heterocycles. The van der Waals surface area contributed by atoms with Gasteiger partial charge in [0.25, 0.3) is 5.91 Å². The lowest BCUT2D eigenvalue weighted by atomic mass is 9.79. The quantitative estimate of drug-likeness (QED) is 0.494. The van der Waals surface area contributed by atoms with Crippen LogP contribution in [0.3, 0.4) is 0 Å². The fourth-order valence-corrected chi connectivity index (χ4v) is 4.82. The maximum atomic E-state index is 13.8. The topological polar surface area (TPSA) is 83.7 Å². The van der Waals surface area contributed by atoms with Crippen LogP contribution in [0.15, 0.2) is 72.9 Å². The van der Waals surface area contributed by atoms with Gasteiger partial charge in [-0.2, -0.15) is 0 Å². The zero-order valence-corrected chi connectivity index (χ0v) is 17.9. The molecular weight excluding hydrogens is 418 g/mol. The van der Waals surface area contributed by atoms with Gasteiger partial charge in [-0.1, -0.05) is 30.3 Å². The van der Waals surface area contributed by atoms with E-state index in [2.05, 4.69) is 10.3 Å². The molecule has 164 valence electrons. The van der Waals surface area contributed by atoms with E-state index in [1.807, 2.05) is 66.9 Å². The predicted molar refractivity (Wildman–Crippen MR) is 124 cm³/mol. The summed E-state index contributed by atoms with van der Waals surface area (Å²) >= 11 is 0. The van der Waals surface area contributed by atoms with Gasteiger partial charge in [-0.25, -0.2) is 0 Å². The number of nitrogens with zero attached hydrogens (tertiary/aromatic N) is 1. The third-order valence-corrected chi connectivity index (χ3v) is 6.42. The van der Waals surface area contributed by atoms with Crippen LogP contribution in [0.4, 0.5) is 5.69 Å².